The molecule has 1 unspecified atom stereocenters. The zero-order valence-electron chi connectivity index (χ0n) is 14.6. The number of benzene rings is 1. The van der Waals surface area contributed by atoms with Crippen LogP contribution in [0.1, 0.15) is 38.8 Å². The Morgan fingerprint density at radius 3 is 2.62 bits per heavy atom. The maximum absolute atomic E-state index is 12.5. The number of esters is 1. The van der Waals surface area contributed by atoms with E-state index in [1.165, 1.54) is 31.2 Å². The number of carbonyl (C=O) groups excluding carboxylic acids is 3. The van der Waals surface area contributed by atoms with Crippen molar-refractivity contribution in [1.29, 1.82) is 0 Å². The van der Waals surface area contributed by atoms with Crippen LogP contribution >= 0.6 is 0 Å². The number of allylic oxidation sites excluding steroid dienone is 1. The molecule has 1 heterocycles. The number of carbonyl (C=O) groups is 3. The van der Waals surface area contributed by atoms with Gasteiger partial charge in [0.2, 0.25) is 5.91 Å². The van der Waals surface area contributed by atoms with Gasteiger partial charge in [-0.25, -0.2) is 9.59 Å². The maximum atomic E-state index is 12.5. The number of non-ortho nitro benzene ring substituents is 1. The molecule has 0 fully saturated rings. The minimum absolute atomic E-state index is 0.0218. The van der Waals surface area contributed by atoms with E-state index in [9.17, 15) is 24.5 Å². The largest absolute Gasteiger partial charge is 0.463 e. The van der Waals surface area contributed by atoms with Crippen molar-refractivity contribution in [3.8, 4) is 0 Å². The fraction of sp³-hybridized carbons (Fsp3) is 0.353. The molecule has 0 aromatic heterocycles. The molecule has 1 aliphatic rings. The van der Waals surface area contributed by atoms with E-state index in [0.717, 1.165) is 4.90 Å². The zero-order valence-corrected chi connectivity index (χ0v) is 14.6. The Labute approximate surface area is 149 Å². The Bertz CT molecular complexity index is 801. The van der Waals surface area contributed by atoms with Gasteiger partial charge in [0.25, 0.3) is 5.69 Å². The van der Waals surface area contributed by atoms with E-state index in [1.807, 2.05) is 0 Å². The number of hydrogen-bond acceptors (Lipinski definition) is 6. The van der Waals surface area contributed by atoms with E-state index in [4.69, 9.17) is 4.74 Å². The minimum Gasteiger partial charge on any atom is -0.463 e. The van der Waals surface area contributed by atoms with Crippen LogP contribution in [0.15, 0.2) is 35.5 Å². The number of nitrogens with zero attached hydrogens (tertiary/aromatic N) is 2. The SMILES string of the molecule is CCOC(=O)C1=C(C)NC(=O)N(C(=O)CC)C1c1cccc([N+](=O)[O-])c1. The summed E-state index contributed by atoms with van der Waals surface area (Å²) in [5, 5.41) is 13.6. The summed E-state index contributed by atoms with van der Waals surface area (Å²) in [7, 11) is 0. The van der Waals surface area contributed by atoms with Crippen LogP contribution in [-0.4, -0.2) is 34.3 Å². The standard InChI is InChI=1S/C17H19N3O6/c1-4-13(21)19-15(11-7-6-8-12(9-11)20(24)25)14(16(22)26-5-2)10(3)18-17(19)23/h6-9,15H,4-5H2,1-3H3,(H,18,23). The number of rotatable bonds is 5. The summed E-state index contributed by atoms with van der Waals surface area (Å²) in [4.78, 5) is 48.7. The average Bonchev–Trinajstić information content (AvgIpc) is 2.60. The second-order valence-corrected chi connectivity index (χ2v) is 5.56. The van der Waals surface area contributed by atoms with Gasteiger partial charge in [-0.2, -0.15) is 0 Å². The molecule has 0 aliphatic carbocycles. The first-order valence-electron chi connectivity index (χ1n) is 8.07. The quantitative estimate of drug-likeness (QED) is 0.489. The highest BCUT2D eigenvalue weighted by molar-refractivity contribution is 6.02. The molecule has 3 amide bonds. The van der Waals surface area contributed by atoms with Crippen molar-refractivity contribution in [3.63, 3.8) is 0 Å². The Morgan fingerprint density at radius 2 is 2.04 bits per heavy atom. The molecule has 1 atom stereocenters. The number of imide groups is 1. The normalized spacial score (nSPS) is 17.0. The predicted octanol–water partition coefficient (Wildman–Crippen LogP) is 2.43. The van der Waals surface area contributed by atoms with Crippen LogP contribution in [-0.2, 0) is 14.3 Å². The van der Waals surface area contributed by atoms with Crippen LogP contribution in [0.25, 0.3) is 0 Å². The van der Waals surface area contributed by atoms with Gasteiger partial charge >= 0.3 is 12.0 Å². The number of nitro groups is 1. The molecule has 0 saturated carbocycles. The molecule has 0 saturated heterocycles. The van der Waals surface area contributed by atoms with Crippen LogP contribution in [0, 0.1) is 10.1 Å². The van der Waals surface area contributed by atoms with E-state index in [-0.39, 0.29) is 35.5 Å². The van der Waals surface area contributed by atoms with Crippen molar-refractivity contribution in [1.82, 2.24) is 10.2 Å². The highest BCUT2D eigenvalue weighted by Gasteiger charge is 2.41. The molecule has 0 spiro atoms. The first kappa shape index (κ1) is 19.1. The Morgan fingerprint density at radius 1 is 1.35 bits per heavy atom. The summed E-state index contributed by atoms with van der Waals surface area (Å²) < 4.78 is 5.06. The second-order valence-electron chi connectivity index (χ2n) is 5.56. The Kier molecular flexibility index (Phi) is 5.71. The van der Waals surface area contributed by atoms with Gasteiger partial charge in [-0.1, -0.05) is 19.1 Å². The molecular weight excluding hydrogens is 342 g/mol. The molecule has 138 valence electrons. The summed E-state index contributed by atoms with van der Waals surface area (Å²) in [5.41, 5.74) is 0.371. The molecule has 1 aromatic carbocycles. The number of nitrogens with one attached hydrogen (secondary N) is 1. The third-order valence-electron chi connectivity index (χ3n) is 3.91. The third kappa shape index (κ3) is 3.56. The summed E-state index contributed by atoms with van der Waals surface area (Å²) >= 11 is 0. The van der Waals surface area contributed by atoms with E-state index >= 15 is 0 Å². The lowest BCUT2D eigenvalue weighted by Crippen LogP contribution is -2.51. The monoisotopic (exact) mass is 361 g/mol. The maximum Gasteiger partial charge on any atom is 0.338 e. The first-order valence-corrected chi connectivity index (χ1v) is 8.07. The van der Waals surface area contributed by atoms with Crippen molar-refractivity contribution >= 4 is 23.6 Å². The van der Waals surface area contributed by atoms with Gasteiger partial charge in [-0.3, -0.25) is 19.8 Å². The van der Waals surface area contributed by atoms with E-state index in [2.05, 4.69) is 5.32 Å². The second kappa shape index (κ2) is 7.77. The van der Waals surface area contributed by atoms with Crippen LogP contribution in [0.2, 0.25) is 0 Å². The first-order chi connectivity index (χ1) is 12.3. The van der Waals surface area contributed by atoms with Gasteiger partial charge in [0.05, 0.1) is 17.1 Å². The van der Waals surface area contributed by atoms with Gasteiger partial charge in [0.1, 0.15) is 6.04 Å². The van der Waals surface area contributed by atoms with Gasteiger partial charge in [-0.15, -0.1) is 0 Å². The predicted molar refractivity (Wildman–Crippen MR) is 90.8 cm³/mol. The molecule has 1 aromatic rings. The number of urea groups is 1. The van der Waals surface area contributed by atoms with E-state index in [1.54, 1.807) is 13.8 Å². The highest BCUT2D eigenvalue weighted by Crippen LogP contribution is 2.36. The summed E-state index contributed by atoms with van der Waals surface area (Å²) in [6.07, 6.45) is 0.0218. The van der Waals surface area contributed by atoms with Crippen LogP contribution in [0.4, 0.5) is 10.5 Å². The van der Waals surface area contributed by atoms with Crippen LogP contribution in [0.3, 0.4) is 0 Å². The molecule has 1 aliphatic heterocycles. The van der Waals surface area contributed by atoms with Crippen molar-refractivity contribution in [3.05, 3.63) is 51.2 Å². The fourth-order valence-corrected chi connectivity index (χ4v) is 2.76. The van der Waals surface area contributed by atoms with Crippen molar-refractivity contribution in [2.24, 2.45) is 0 Å². The van der Waals surface area contributed by atoms with E-state index in [0.29, 0.717) is 0 Å². The number of hydrogen-bond donors (Lipinski definition) is 1. The lowest BCUT2D eigenvalue weighted by molar-refractivity contribution is -0.384. The van der Waals surface area contributed by atoms with E-state index < -0.39 is 28.9 Å². The zero-order chi connectivity index (χ0) is 19.4. The molecule has 1 N–H and O–H groups in total. The Balaban J connectivity index is 2.68. The smallest absolute Gasteiger partial charge is 0.338 e. The molecule has 0 radical (unpaired) electrons. The molecule has 2 rings (SSSR count). The Hall–Kier alpha value is -3.23. The van der Waals surface area contributed by atoms with Gasteiger partial charge in [0, 0.05) is 24.3 Å². The van der Waals surface area contributed by atoms with Crippen molar-refractivity contribution < 1.29 is 24.0 Å². The number of nitro benzene ring substituents is 1. The molecule has 0 bridgehead atoms. The van der Waals surface area contributed by atoms with Crippen LogP contribution < -0.4 is 5.32 Å². The van der Waals surface area contributed by atoms with Gasteiger partial charge in [0.15, 0.2) is 0 Å². The average molecular weight is 361 g/mol. The molecule has 26 heavy (non-hydrogen) atoms. The fourth-order valence-electron chi connectivity index (χ4n) is 2.76. The molecular formula is C17H19N3O6. The molecule has 9 heteroatoms. The topological polar surface area (TPSA) is 119 Å². The number of amides is 3. The highest BCUT2D eigenvalue weighted by atomic mass is 16.6. The molecule has 9 nitrogen and oxygen atoms in total. The van der Waals surface area contributed by atoms with Gasteiger partial charge in [-0.05, 0) is 19.4 Å². The minimum atomic E-state index is -1.10. The summed E-state index contributed by atoms with van der Waals surface area (Å²) in [6, 6.07) is 3.70. The van der Waals surface area contributed by atoms with Gasteiger partial charge < -0.3 is 10.1 Å². The summed E-state index contributed by atoms with van der Waals surface area (Å²) in [6.45, 7) is 4.83. The van der Waals surface area contributed by atoms with Crippen molar-refractivity contribution in [2.45, 2.75) is 33.2 Å². The van der Waals surface area contributed by atoms with Crippen molar-refractivity contribution in [2.75, 3.05) is 6.61 Å². The third-order valence-corrected chi connectivity index (χ3v) is 3.91. The lowest BCUT2D eigenvalue weighted by atomic mass is 9.93. The summed E-state index contributed by atoms with van der Waals surface area (Å²) in [5.74, 6) is -1.22. The lowest BCUT2D eigenvalue weighted by Gasteiger charge is -2.36. The number of ether oxygens (including phenoxy) is 1. The van der Waals surface area contributed by atoms with Crippen LogP contribution in [0.5, 0.6) is 0 Å².